The molecule has 0 saturated carbocycles. The van der Waals surface area contributed by atoms with Gasteiger partial charge < -0.3 is 16.0 Å². The number of nitrogens with zero attached hydrogens (tertiary/aromatic N) is 3. The van der Waals surface area contributed by atoms with Crippen LogP contribution in [-0.2, 0) is 4.79 Å². The summed E-state index contributed by atoms with van der Waals surface area (Å²) in [6, 6.07) is 0.0306. The molecule has 0 aromatic carbocycles. The maximum absolute atomic E-state index is 13.5. The quantitative estimate of drug-likeness (QED) is 0.753. The molecule has 0 spiro atoms. The fourth-order valence-corrected chi connectivity index (χ4v) is 1.95. The Bertz CT molecular complexity index is 439. The number of anilines is 2. The zero-order chi connectivity index (χ0) is 12.4. The lowest BCUT2D eigenvalue weighted by Crippen LogP contribution is -2.35. The number of aromatic nitrogens is 2. The smallest absolute Gasteiger partial charge is 0.222 e. The Morgan fingerprint density at radius 1 is 1.71 bits per heavy atom. The van der Waals surface area contributed by atoms with Crippen LogP contribution in [0.5, 0.6) is 0 Å². The Morgan fingerprint density at radius 3 is 3.18 bits per heavy atom. The first kappa shape index (κ1) is 11.6. The fourth-order valence-electron chi connectivity index (χ4n) is 1.95. The molecule has 1 aromatic rings. The Morgan fingerprint density at radius 2 is 2.47 bits per heavy atom. The average Bonchev–Trinajstić information content (AvgIpc) is 2.69. The summed E-state index contributed by atoms with van der Waals surface area (Å²) in [6.07, 6.45) is 1.83. The van der Waals surface area contributed by atoms with E-state index in [1.165, 1.54) is 6.92 Å². The van der Waals surface area contributed by atoms with Gasteiger partial charge in [0.15, 0.2) is 11.6 Å². The molecule has 1 amide bonds. The highest BCUT2D eigenvalue weighted by Crippen LogP contribution is 2.21. The van der Waals surface area contributed by atoms with Crippen LogP contribution >= 0.6 is 0 Å². The highest BCUT2D eigenvalue weighted by Gasteiger charge is 2.26. The summed E-state index contributed by atoms with van der Waals surface area (Å²) >= 11 is 0. The van der Waals surface area contributed by atoms with Gasteiger partial charge in [-0.3, -0.25) is 4.79 Å². The third kappa shape index (κ3) is 2.61. The van der Waals surface area contributed by atoms with Crippen LogP contribution in [0.2, 0.25) is 0 Å². The van der Waals surface area contributed by atoms with Gasteiger partial charge in [0.25, 0.3) is 0 Å². The van der Waals surface area contributed by atoms with E-state index >= 15 is 0 Å². The lowest BCUT2D eigenvalue weighted by Gasteiger charge is -2.18. The molecular formula is C10H14FN5O. The number of nitrogen functional groups attached to an aromatic ring is 1. The second-order valence-electron chi connectivity index (χ2n) is 4.03. The Kier molecular flexibility index (Phi) is 3.08. The fraction of sp³-hybridized carbons (Fsp3) is 0.500. The van der Waals surface area contributed by atoms with Crippen LogP contribution in [-0.4, -0.2) is 35.0 Å². The van der Waals surface area contributed by atoms with Crippen molar-refractivity contribution in [3.8, 4) is 0 Å². The largest absolute Gasteiger partial charge is 0.368 e. The maximum atomic E-state index is 13.5. The van der Waals surface area contributed by atoms with E-state index in [2.05, 4.69) is 15.3 Å². The van der Waals surface area contributed by atoms with E-state index in [-0.39, 0.29) is 23.7 Å². The molecule has 1 aliphatic heterocycles. The molecule has 7 heteroatoms. The number of carbonyl (C=O) groups is 1. The lowest BCUT2D eigenvalue weighted by molar-refractivity contribution is -0.119. The van der Waals surface area contributed by atoms with Crippen molar-refractivity contribution in [1.29, 1.82) is 0 Å². The molecule has 6 nitrogen and oxygen atoms in total. The third-order valence-electron chi connectivity index (χ3n) is 2.64. The van der Waals surface area contributed by atoms with Crippen LogP contribution in [0.3, 0.4) is 0 Å². The molecule has 92 valence electrons. The van der Waals surface area contributed by atoms with Crippen LogP contribution in [0, 0.1) is 5.82 Å². The monoisotopic (exact) mass is 239 g/mol. The standard InChI is InChI=1S/C10H14FN5O/c1-6(17)14-7-2-3-16(5-7)9-8(11)4-13-10(12)15-9/h4,7H,2-3,5H2,1H3,(H,14,17)(H2,12,13,15). The molecule has 2 heterocycles. The summed E-state index contributed by atoms with van der Waals surface area (Å²) in [7, 11) is 0. The minimum Gasteiger partial charge on any atom is -0.368 e. The van der Waals surface area contributed by atoms with Gasteiger partial charge >= 0.3 is 0 Å². The van der Waals surface area contributed by atoms with E-state index in [4.69, 9.17) is 5.73 Å². The molecule has 1 saturated heterocycles. The van der Waals surface area contributed by atoms with Crippen molar-refractivity contribution in [1.82, 2.24) is 15.3 Å². The zero-order valence-electron chi connectivity index (χ0n) is 9.48. The van der Waals surface area contributed by atoms with Crippen LogP contribution in [0.4, 0.5) is 16.2 Å². The normalized spacial score (nSPS) is 19.4. The van der Waals surface area contributed by atoms with Gasteiger partial charge in [0.2, 0.25) is 11.9 Å². The van der Waals surface area contributed by atoms with E-state index in [1.54, 1.807) is 4.90 Å². The predicted molar refractivity (Wildman–Crippen MR) is 60.8 cm³/mol. The number of nitrogens with two attached hydrogens (primary N) is 1. The first-order valence-electron chi connectivity index (χ1n) is 5.36. The molecular weight excluding hydrogens is 225 g/mol. The van der Waals surface area contributed by atoms with Crippen molar-refractivity contribution in [3.63, 3.8) is 0 Å². The average molecular weight is 239 g/mol. The van der Waals surface area contributed by atoms with Crippen molar-refractivity contribution in [2.45, 2.75) is 19.4 Å². The summed E-state index contributed by atoms with van der Waals surface area (Å²) in [5, 5.41) is 2.80. The van der Waals surface area contributed by atoms with E-state index in [0.717, 1.165) is 12.6 Å². The van der Waals surface area contributed by atoms with Gasteiger partial charge in [0, 0.05) is 26.1 Å². The minimum atomic E-state index is -0.498. The third-order valence-corrected chi connectivity index (χ3v) is 2.64. The Labute approximate surface area is 98.0 Å². The van der Waals surface area contributed by atoms with Crippen LogP contribution < -0.4 is 16.0 Å². The number of nitrogens with one attached hydrogen (secondary N) is 1. The summed E-state index contributed by atoms with van der Waals surface area (Å²) in [4.78, 5) is 20.1. The van der Waals surface area contributed by atoms with Crippen molar-refractivity contribution in [3.05, 3.63) is 12.0 Å². The molecule has 2 rings (SSSR count). The number of hydrogen-bond donors (Lipinski definition) is 2. The van der Waals surface area contributed by atoms with Crippen molar-refractivity contribution in [2.24, 2.45) is 0 Å². The van der Waals surface area contributed by atoms with Crippen molar-refractivity contribution < 1.29 is 9.18 Å². The number of carbonyl (C=O) groups excluding carboxylic acids is 1. The Balaban J connectivity index is 2.09. The summed E-state index contributed by atoms with van der Waals surface area (Å²) in [5.41, 5.74) is 5.43. The van der Waals surface area contributed by atoms with Crippen molar-refractivity contribution >= 4 is 17.7 Å². The van der Waals surface area contributed by atoms with Gasteiger partial charge in [0.05, 0.1) is 6.20 Å². The van der Waals surface area contributed by atoms with Gasteiger partial charge in [0.1, 0.15) is 0 Å². The van der Waals surface area contributed by atoms with Crippen LogP contribution in [0.15, 0.2) is 6.20 Å². The van der Waals surface area contributed by atoms with E-state index in [1.807, 2.05) is 0 Å². The summed E-state index contributed by atoms with van der Waals surface area (Å²) < 4.78 is 13.5. The van der Waals surface area contributed by atoms with Crippen molar-refractivity contribution in [2.75, 3.05) is 23.7 Å². The summed E-state index contributed by atoms with van der Waals surface area (Å²) in [6.45, 7) is 2.64. The highest BCUT2D eigenvalue weighted by atomic mass is 19.1. The van der Waals surface area contributed by atoms with E-state index in [0.29, 0.717) is 13.1 Å². The summed E-state index contributed by atoms with van der Waals surface area (Å²) in [5.74, 6) is -0.336. The molecule has 1 aromatic heterocycles. The molecule has 0 radical (unpaired) electrons. The van der Waals surface area contributed by atoms with Gasteiger partial charge in [-0.15, -0.1) is 0 Å². The van der Waals surface area contributed by atoms with Gasteiger partial charge in [-0.25, -0.2) is 9.37 Å². The molecule has 1 aliphatic rings. The van der Waals surface area contributed by atoms with Crippen LogP contribution in [0.1, 0.15) is 13.3 Å². The molecule has 1 unspecified atom stereocenters. The maximum Gasteiger partial charge on any atom is 0.222 e. The van der Waals surface area contributed by atoms with E-state index in [9.17, 15) is 9.18 Å². The number of hydrogen-bond acceptors (Lipinski definition) is 5. The molecule has 0 bridgehead atoms. The second kappa shape index (κ2) is 4.52. The topological polar surface area (TPSA) is 84.1 Å². The molecule has 17 heavy (non-hydrogen) atoms. The Hall–Kier alpha value is -1.92. The molecule has 1 fully saturated rings. The number of halogens is 1. The highest BCUT2D eigenvalue weighted by molar-refractivity contribution is 5.73. The van der Waals surface area contributed by atoms with Crippen LogP contribution in [0.25, 0.3) is 0 Å². The van der Waals surface area contributed by atoms with Gasteiger partial charge in [-0.1, -0.05) is 0 Å². The van der Waals surface area contributed by atoms with Gasteiger partial charge in [-0.2, -0.15) is 4.98 Å². The number of rotatable bonds is 2. The number of amides is 1. The van der Waals surface area contributed by atoms with E-state index < -0.39 is 5.82 Å². The minimum absolute atomic E-state index is 0.0306. The van der Waals surface area contributed by atoms with Gasteiger partial charge in [-0.05, 0) is 6.42 Å². The first-order chi connectivity index (χ1) is 8.06. The molecule has 1 atom stereocenters. The lowest BCUT2D eigenvalue weighted by atomic mass is 10.3. The second-order valence-corrected chi connectivity index (χ2v) is 4.03. The molecule has 0 aliphatic carbocycles. The molecule has 3 N–H and O–H groups in total. The first-order valence-corrected chi connectivity index (χ1v) is 5.36. The zero-order valence-corrected chi connectivity index (χ0v) is 9.48. The predicted octanol–water partition coefficient (Wildman–Crippen LogP) is -0.0873. The SMILES string of the molecule is CC(=O)NC1CCN(c2nc(N)ncc2F)C1.